The van der Waals surface area contributed by atoms with Crippen LogP contribution in [-0.2, 0) is 4.79 Å². The third-order valence-electron chi connectivity index (χ3n) is 4.02. The molecule has 0 saturated heterocycles. The number of carbonyl (C=O) groups is 1. The lowest BCUT2D eigenvalue weighted by Gasteiger charge is -2.39. The maximum atomic E-state index is 12.1. The van der Waals surface area contributed by atoms with Crippen LogP contribution < -0.4 is 11.1 Å². The molecule has 104 valence electrons. The van der Waals surface area contributed by atoms with Crippen LogP contribution in [-0.4, -0.2) is 23.0 Å². The zero-order valence-corrected chi connectivity index (χ0v) is 11.6. The maximum Gasteiger partial charge on any atom is 0.231 e. The molecule has 5 heteroatoms. The van der Waals surface area contributed by atoms with Gasteiger partial charge in [0.05, 0.1) is 5.92 Å². The van der Waals surface area contributed by atoms with E-state index in [4.69, 9.17) is 10.9 Å². The molecule has 0 heterocycles. The highest BCUT2D eigenvalue weighted by molar-refractivity contribution is 6.02. The van der Waals surface area contributed by atoms with E-state index in [1.165, 1.54) is 6.42 Å². The highest BCUT2D eigenvalue weighted by Gasteiger charge is 2.34. The van der Waals surface area contributed by atoms with Crippen molar-refractivity contribution < 1.29 is 10.0 Å². The molecule has 1 aliphatic rings. The van der Waals surface area contributed by atoms with Crippen molar-refractivity contribution in [3.05, 3.63) is 0 Å². The van der Waals surface area contributed by atoms with Crippen LogP contribution in [0.25, 0.3) is 0 Å². The van der Waals surface area contributed by atoms with Gasteiger partial charge in [-0.05, 0) is 24.7 Å². The summed E-state index contributed by atoms with van der Waals surface area (Å²) in [6.07, 6.45) is 5.03. The van der Waals surface area contributed by atoms with Crippen LogP contribution in [0.1, 0.15) is 52.9 Å². The van der Waals surface area contributed by atoms with E-state index in [0.717, 1.165) is 19.3 Å². The Morgan fingerprint density at radius 3 is 2.72 bits per heavy atom. The molecule has 0 radical (unpaired) electrons. The van der Waals surface area contributed by atoms with E-state index >= 15 is 0 Å². The summed E-state index contributed by atoms with van der Waals surface area (Å²) in [5.74, 6) is -0.677. The number of carbonyl (C=O) groups excluding carboxylic acids is 1. The number of nitrogens with zero attached hydrogens (tertiary/aromatic N) is 1. The first-order chi connectivity index (χ1) is 8.42. The first-order valence-corrected chi connectivity index (χ1v) is 6.70. The van der Waals surface area contributed by atoms with Crippen LogP contribution in [0.3, 0.4) is 0 Å². The summed E-state index contributed by atoms with van der Waals surface area (Å²) in [5, 5.41) is 14.7. The predicted molar refractivity (Wildman–Crippen MR) is 71.4 cm³/mol. The SMILES string of the molecule is CCC(C(=O)NC1CCCCC1(C)C)C(N)=NO. The number of rotatable bonds is 4. The van der Waals surface area contributed by atoms with Gasteiger partial charge in [-0.25, -0.2) is 0 Å². The van der Waals surface area contributed by atoms with Crippen LogP contribution in [0, 0.1) is 11.3 Å². The fraction of sp³-hybridized carbons (Fsp3) is 0.846. The highest BCUT2D eigenvalue weighted by atomic mass is 16.4. The summed E-state index contributed by atoms with van der Waals surface area (Å²) in [4.78, 5) is 12.1. The number of nitrogens with one attached hydrogen (secondary N) is 1. The van der Waals surface area contributed by atoms with Gasteiger partial charge >= 0.3 is 0 Å². The molecule has 18 heavy (non-hydrogen) atoms. The molecule has 0 aromatic rings. The fourth-order valence-corrected chi connectivity index (χ4v) is 2.63. The van der Waals surface area contributed by atoms with Crippen LogP contribution >= 0.6 is 0 Å². The van der Waals surface area contributed by atoms with Gasteiger partial charge in [-0.3, -0.25) is 4.79 Å². The van der Waals surface area contributed by atoms with Gasteiger partial charge in [0, 0.05) is 6.04 Å². The summed E-state index contributed by atoms with van der Waals surface area (Å²) in [6, 6.07) is 0.180. The monoisotopic (exact) mass is 255 g/mol. The van der Waals surface area contributed by atoms with Crippen molar-refractivity contribution >= 4 is 11.7 Å². The lowest BCUT2D eigenvalue weighted by molar-refractivity contribution is -0.125. The largest absolute Gasteiger partial charge is 0.409 e. The standard InChI is InChI=1S/C13H25N3O2/c1-4-9(11(14)16-18)12(17)15-10-7-5-6-8-13(10,2)3/h9-10,18H,4-8H2,1-3H3,(H2,14,16)(H,15,17). The molecule has 0 aromatic carbocycles. The van der Waals surface area contributed by atoms with Crippen molar-refractivity contribution in [3.63, 3.8) is 0 Å². The molecule has 2 unspecified atom stereocenters. The summed E-state index contributed by atoms with van der Waals surface area (Å²) in [7, 11) is 0. The molecular weight excluding hydrogens is 230 g/mol. The van der Waals surface area contributed by atoms with Gasteiger partial charge in [0.15, 0.2) is 5.84 Å². The van der Waals surface area contributed by atoms with E-state index in [2.05, 4.69) is 24.3 Å². The smallest absolute Gasteiger partial charge is 0.231 e. The van der Waals surface area contributed by atoms with E-state index in [1.54, 1.807) is 0 Å². The second-order valence-corrected chi connectivity index (χ2v) is 5.78. The van der Waals surface area contributed by atoms with E-state index in [0.29, 0.717) is 6.42 Å². The molecule has 0 aliphatic heterocycles. The van der Waals surface area contributed by atoms with Gasteiger partial charge in [-0.1, -0.05) is 38.8 Å². The lowest BCUT2D eigenvalue weighted by atomic mass is 9.73. The van der Waals surface area contributed by atoms with Crippen LogP contribution in [0.2, 0.25) is 0 Å². The average molecular weight is 255 g/mol. The minimum absolute atomic E-state index is 0.0105. The fourth-order valence-electron chi connectivity index (χ4n) is 2.63. The van der Waals surface area contributed by atoms with Crippen LogP contribution in [0.15, 0.2) is 5.16 Å². The molecule has 2 atom stereocenters. The van der Waals surface area contributed by atoms with Crippen molar-refractivity contribution in [2.75, 3.05) is 0 Å². The highest BCUT2D eigenvalue weighted by Crippen LogP contribution is 2.35. The number of hydrogen-bond donors (Lipinski definition) is 3. The summed E-state index contributed by atoms with van der Waals surface area (Å²) < 4.78 is 0. The molecule has 1 rings (SSSR count). The third kappa shape index (κ3) is 3.37. The summed E-state index contributed by atoms with van der Waals surface area (Å²) in [5.41, 5.74) is 5.66. The molecular formula is C13H25N3O2. The zero-order chi connectivity index (χ0) is 13.8. The van der Waals surface area contributed by atoms with E-state index in [9.17, 15) is 4.79 Å². The number of amidine groups is 1. The molecule has 1 aliphatic carbocycles. The quantitative estimate of drug-likeness (QED) is 0.310. The minimum atomic E-state index is -0.535. The second kappa shape index (κ2) is 6.07. The van der Waals surface area contributed by atoms with E-state index in [-0.39, 0.29) is 23.2 Å². The average Bonchev–Trinajstić information content (AvgIpc) is 2.32. The maximum absolute atomic E-state index is 12.1. The first-order valence-electron chi connectivity index (χ1n) is 6.70. The van der Waals surface area contributed by atoms with Gasteiger partial charge in [-0.15, -0.1) is 0 Å². The Hall–Kier alpha value is -1.26. The summed E-state index contributed by atoms with van der Waals surface area (Å²) >= 11 is 0. The molecule has 4 N–H and O–H groups in total. The van der Waals surface area contributed by atoms with Crippen LogP contribution in [0.4, 0.5) is 0 Å². The van der Waals surface area contributed by atoms with Crippen molar-refractivity contribution in [2.45, 2.75) is 58.9 Å². The van der Waals surface area contributed by atoms with Crippen molar-refractivity contribution in [1.82, 2.24) is 5.32 Å². The molecule has 1 saturated carbocycles. The van der Waals surface area contributed by atoms with Gasteiger partial charge in [0.2, 0.25) is 5.91 Å². The summed E-state index contributed by atoms with van der Waals surface area (Å²) in [6.45, 7) is 6.22. The molecule has 0 spiro atoms. The normalized spacial score (nSPS) is 25.5. The lowest BCUT2D eigenvalue weighted by Crippen LogP contribution is -2.50. The van der Waals surface area contributed by atoms with E-state index < -0.39 is 5.92 Å². The van der Waals surface area contributed by atoms with Crippen molar-refractivity contribution in [2.24, 2.45) is 22.2 Å². The van der Waals surface area contributed by atoms with Crippen molar-refractivity contribution in [1.29, 1.82) is 0 Å². The number of amides is 1. The zero-order valence-electron chi connectivity index (χ0n) is 11.6. The Labute approximate surface area is 109 Å². The Morgan fingerprint density at radius 2 is 2.22 bits per heavy atom. The van der Waals surface area contributed by atoms with E-state index in [1.807, 2.05) is 6.92 Å². The number of nitrogens with two attached hydrogens (primary N) is 1. The number of oxime groups is 1. The van der Waals surface area contributed by atoms with Gasteiger partial charge in [-0.2, -0.15) is 0 Å². The minimum Gasteiger partial charge on any atom is -0.409 e. The molecule has 5 nitrogen and oxygen atoms in total. The second-order valence-electron chi connectivity index (χ2n) is 5.78. The Morgan fingerprint density at radius 1 is 1.56 bits per heavy atom. The molecule has 0 bridgehead atoms. The molecule has 0 aromatic heterocycles. The van der Waals surface area contributed by atoms with Gasteiger partial charge < -0.3 is 16.3 Å². The molecule has 1 fully saturated rings. The van der Waals surface area contributed by atoms with Gasteiger partial charge in [0.25, 0.3) is 0 Å². The molecule has 1 amide bonds. The van der Waals surface area contributed by atoms with Crippen molar-refractivity contribution in [3.8, 4) is 0 Å². The Kier molecular flexibility index (Phi) is 4.99. The topological polar surface area (TPSA) is 87.7 Å². The van der Waals surface area contributed by atoms with Crippen LogP contribution in [0.5, 0.6) is 0 Å². The predicted octanol–water partition coefficient (Wildman–Crippen LogP) is 1.84. The Balaban J connectivity index is 2.68. The third-order valence-corrected chi connectivity index (χ3v) is 4.02. The number of hydrogen-bond acceptors (Lipinski definition) is 3. The van der Waals surface area contributed by atoms with Gasteiger partial charge in [0.1, 0.15) is 0 Å². The first kappa shape index (κ1) is 14.8. The Bertz CT molecular complexity index is 326.